The Balaban J connectivity index is 5.11. The fourth-order valence-corrected chi connectivity index (χ4v) is 1.36. The average molecular weight is 214 g/mol. The van der Waals surface area contributed by atoms with Crippen molar-refractivity contribution in [2.45, 2.75) is 39.7 Å². The lowest BCUT2D eigenvalue weighted by Gasteiger charge is -2.25. The molecule has 4 heteroatoms. The highest BCUT2D eigenvalue weighted by molar-refractivity contribution is 6.01. The van der Waals surface area contributed by atoms with Crippen molar-refractivity contribution in [1.29, 1.82) is 0 Å². The van der Waals surface area contributed by atoms with Crippen LogP contribution in [0.25, 0.3) is 0 Å². The van der Waals surface area contributed by atoms with Crippen molar-refractivity contribution in [3.05, 3.63) is 11.6 Å². The molecule has 0 saturated carbocycles. The van der Waals surface area contributed by atoms with Crippen LogP contribution in [0.3, 0.4) is 0 Å². The van der Waals surface area contributed by atoms with E-state index in [-0.39, 0.29) is 18.6 Å². The minimum absolute atomic E-state index is 0.0133. The molecule has 0 radical (unpaired) electrons. The Labute approximate surface area is 89.9 Å². The van der Waals surface area contributed by atoms with Crippen LogP contribution in [-0.2, 0) is 14.3 Å². The van der Waals surface area contributed by atoms with Gasteiger partial charge >= 0.3 is 5.97 Å². The van der Waals surface area contributed by atoms with E-state index in [2.05, 4.69) is 0 Å². The third kappa shape index (κ3) is 2.89. The summed E-state index contributed by atoms with van der Waals surface area (Å²) in [5, 5.41) is 10.0. The van der Waals surface area contributed by atoms with Crippen molar-refractivity contribution in [2.24, 2.45) is 0 Å². The van der Waals surface area contributed by atoms with Crippen molar-refractivity contribution >= 4 is 11.8 Å². The van der Waals surface area contributed by atoms with Gasteiger partial charge in [0.05, 0.1) is 12.2 Å². The first-order valence-corrected chi connectivity index (χ1v) is 5.01. The van der Waals surface area contributed by atoms with E-state index in [0.29, 0.717) is 0 Å². The normalized spacial score (nSPS) is 15.7. The third-order valence-corrected chi connectivity index (χ3v) is 2.32. The summed E-state index contributed by atoms with van der Waals surface area (Å²) in [6.07, 6.45) is 1.57. The number of hydrogen-bond acceptors (Lipinski definition) is 4. The molecular weight excluding hydrogens is 196 g/mol. The number of carbonyl (C=O) groups excluding carboxylic acids is 2. The predicted octanol–water partition coefficient (Wildman–Crippen LogP) is 1.23. The molecule has 1 N–H and O–H groups in total. The second-order valence-electron chi connectivity index (χ2n) is 3.19. The van der Waals surface area contributed by atoms with Crippen molar-refractivity contribution in [3.8, 4) is 0 Å². The largest absolute Gasteiger partial charge is 0.463 e. The van der Waals surface area contributed by atoms with Gasteiger partial charge in [-0.1, -0.05) is 13.0 Å². The molecule has 0 spiro atoms. The topological polar surface area (TPSA) is 63.6 Å². The van der Waals surface area contributed by atoms with Gasteiger partial charge < -0.3 is 9.84 Å². The lowest BCUT2D eigenvalue weighted by Crippen LogP contribution is -2.41. The number of carbonyl (C=O) groups is 2. The molecule has 0 aromatic carbocycles. The summed E-state index contributed by atoms with van der Waals surface area (Å²) in [6, 6.07) is 0. The maximum absolute atomic E-state index is 11.5. The Kier molecular flexibility index (Phi) is 5.22. The average Bonchev–Trinajstić information content (AvgIpc) is 2.18. The predicted molar refractivity (Wildman–Crippen MR) is 56.3 cm³/mol. The lowest BCUT2D eigenvalue weighted by molar-refractivity contribution is -0.145. The molecule has 0 aliphatic carbocycles. The number of Topliss-reactive ketones (excluding diaryl/α,β-unsaturated/α-hetero) is 1. The Bertz CT molecular complexity index is 280. The molecule has 0 aromatic rings. The van der Waals surface area contributed by atoms with Gasteiger partial charge in [-0.3, -0.25) is 4.79 Å². The highest BCUT2D eigenvalue weighted by atomic mass is 16.5. The summed E-state index contributed by atoms with van der Waals surface area (Å²) in [5.41, 5.74) is -1.71. The van der Waals surface area contributed by atoms with Crippen molar-refractivity contribution in [1.82, 2.24) is 0 Å². The fraction of sp³-hybridized carbons (Fsp3) is 0.636. The quantitative estimate of drug-likeness (QED) is 0.552. The molecule has 86 valence electrons. The van der Waals surface area contributed by atoms with Gasteiger partial charge in [-0.25, -0.2) is 4.79 Å². The summed E-state index contributed by atoms with van der Waals surface area (Å²) < 4.78 is 4.77. The summed E-state index contributed by atoms with van der Waals surface area (Å²) >= 11 is 0. The summed E-state index contributed by atoms with van der Waals surface area (Å²) in [4.78, 5) is 22.8. The monoisotopic (exact) mass is 214 g/mol. The molecule has 0 rings (SSSR count). The van der Waals surface area contributed by atoms with E-state index >= 15 is 0 Å². The highest BCUT2D eigenvalue weighted by Crippen LogP contribution is 2.23. The first-order chi connectivity index (χ1) is 6.93. The summed E-state index contributed by atoms with van der Waals surface area (Å²) in [6.45, 7) is 6.38. The summed E-state index contributed by atoms with van der Waals surface area (Å²) in [5.74, 6) is -1.09. The molecule has 0 aliphatic rings. The molecule has 1 unspecified atom stereocenters. The van der Waals surface area contributed by atoms with E-state index in [1.165, 1.54) is 13.0 Å². The Hall–Kier alpha value is -1.16. The minimum Gasteiger partial charge on any atom is -0.463 e. The van der Waals surface area contributed by atoms with Gasteiger partial charge in [-0.2, -0.15) is 0 Å². The van der Waals surface area contributed by atoms with Gasteiger partial charge in [-0.15, -0.1) is 0 Å². The minimum atomic E-state index is -1.72. The maximum Gasteiger partial charge on any atom is 0.337 e. The Morgan fingerprint density at radius 3 is 2.20 bits per heavy atom. The van der Waals surface area contributed by atoms with E-state index < -0.39 is 17.4 Å². The van der Waals surface area contributed by atoms with E-state index in [0.717, 1.165) is 0 Å². The second kappa shape index (κ2) is 5.66. The zero-order valence-electron chi connectivity index (χ0n) is 9.66. The SMILES string of the molecule is C/C=C(\C(=O)OCC)C(O)(CC)C(C)=O. The smallest absolute Gasteiger partial charge is 0.337 e. The van der Waals surface area contributed by atoms with E-state index in [1.807, 2.05) is 0 Å². The van der Waals surface area contributed by atoms with Crippen LogP contribution >= 0.6 is 0 Å². The number of ether oxygens (including phenoxy) is 1. The Morgan fingerprint density at radius 1 is 1.40 bits per heavy atom. The molecule has 0 heterocycles. The van der Waals surface area contributed by atoms with Crippen LogP contribution in [0.1, 0.15) is 34.1 Å². The van der Waals surface area contributed by atoms with E-state index in [1.54, 1.807) is 20.8 Å². The maximum atomic E-state index is 11.5. The number of hydrogen-bond donors (Lipinski definition) is 1. The number of rotatable bonds is 5. The zero-order chi connectivity index (χ0) is 12.1. The molecule has 15 heavy (non-hydrogen) atoms. The molecule has 4 nitrogen and oxygen atoms in total. The Morgan fingerprint density at radius 2 is 1.93 bits per heavy atom. The van der Waals surface area contributed by atoms with Crippen LogP contribution in [0.15, 0.2) is 11.6 Å². The van der Waals surface area contributed by atoms with Crippen molar-refractivity contribution < 1.29 is 19.4 Å². The first-order valence-electron chi connectivity index (χ1n) is 5.01. The molecular formula is C11H18O4. The van der Waals surface area contributed by atoms with Gasteiger partial charge in [0.15, 0.2) is 11.4 Å². The van der Waals surface area contributed by atoms with Gasteiger partial charge in [-0.05, 0) is 27.2 Å². The van der Waals surface area contributed by atoms with Crippen molar-refractivity contribution in [2.75, 3.05) is 6.61 Å². The van der Waals surface area contributed by atoms with Crippen LogP contribution in [0.2, 0.25) is 0 Å². The lowest BCUT2D eigenvalue weighted by atomic mass is 9.87. The molecule has 0 amide bonds. The molecule has 0 bridgehead atoms. The first kappa shape index (κ1) is 13.8. The summed E-state index contributed by atoms with van der Waals surface area (Å²) in [7, 11) is 0. The molecule has 0 fully saturated rings. The van der Waals surface area contributed by atoms with E-state index in [9.17, 15) is 14.7 Å². The van der Waals surface area contributed by atoms with Gasteiger partial charge in [0.25, 0.3) is 0 Å². The fourth-order valence-electron chi connectivity index (χ4n) is 1.36. The van der Waals surface area contributed by atoms with Crippen LogP contribution in [0.5, 0.6) is 0 Å². The van der Waals surface area contributed by atoms with Crippen LogP contribution in [-0.4, -0.2) is 29.1 Å². The molecule has 0 aliphatic heterocycles. The number of aliphatic hydroxyl groups is 1. The molecule has 1 atom stereocenters. The van der Waals surface area contributed by atoms with Crippen molar-refractivity contribution in [3.63, 3.8) is 0 Å². The zero-order valence-corrected chi connectivity index (χ0v) is 9.66. The van der Waals surface area contributed by atoms with Crippen LogP contribution in [0, 0.1) is 0 Å². The number of esters is 1. The number of allylic oxidation sites excluding steroid dienone is 1. The van der Waals surface area contributed by atoms with Gasteiger partial charge in [0.1, 0.15) is 0 Å². The standard InChI is InChI=1S/C11H18O4/c1-5-9(10(13)15-7-3)11(14,6-2)8(4)12/h5,14H,6-7H2,1-4H3/b9-5+. The van der Waals surface area contributed by atoms with Gasteiger partial charge in [0, 0.05) is 0 Å². The van der Waals surface area contributed by atoms with Crippen LogP contribution < -0.4 is 0 Å². The highest BCUT2D eigenvalue weighted by Gasteiger charge is 2.39. The second-order valence-corrected chi connectivity index (χ2v) is 3.19. The molecule has 0 aromatic heterocycles. The van der Waals surface area contributed by atoms with Crippen LogP contribution in [0.4, 0.5) is 0 Å². The van der Waals surface area contributed by atoms with Gasteiger partial charge in [0.2, 0.25) is 0 Å². The number of ketones is 1. The van der Waals surface area contributed by atoms with E-state index in [4.69, 9.17) is 4.74 Å². The third-order valence-electron chi connectivity index (χ3n) is 2.32. The molecule has 0 saturated heterocycles.